The number of likely N-dealkylation sites (N-methyl/N-ethyl adjacent to an activating group) is 1. The summed E-state index contributed by atoms with van der Waals surface area (Å²) >= 11 is 0. The van der Waals surface area contributed by atoms with E-state index >= 15 is 0 Å². The molecule has 1 aromatic carbocycles. The Hall–Kier alpha value is -1.75. The molecule has 0 radical (unpaired) electrons. The molecule has 0 aliphatic rings. The number of hydrogen-bond donors (Lipinski definition) is 2. The van der Waals surface area contributed by atoms with Crippen LogP contribution in [0.4, 0.5) is 4.79 Å². The standard InChI is InChI=1S/C16H26N2O3/c1-12-8-6-7-9-14(12)21-10-13(2)17-15(19)18(5)11-16(3,4)20/h6-9,13,20H,10-11H2,1-5H3,(H,17,19)/t13-/m0/s1. The second kappa shape index (κ2) is 7.31. The van der Waals surface area contributed by atoms with Gasteiger partial charge in [-0.2, -0.15) is 0 Å². The Bertz CT molecular complexity index is 469. The molecule has 0 heterocycles. The first kappa shape index (κ1) is 17.3. The lowest BCUT2D eigenvalue weighted by Gasteiger charge is -2.27. The zero-order valence-electron chi connectivity index (χ0n) is 13.5. The average Bonchev–Trinajstić information content (AvgIpc) is 2.35. The molecule has 0 saturated carbocycles. The zero-order valence-corrected chi connectivity index (χ0v) is 13.5. The molecule has 0 aliphatic carbocycles. The maximum atomic E-state index is 12.0. The smallest absolute Gasteiger partial charge is 0.317 e. The van der Waals surface area contributed by atoms with Crippen LogP contribution in [0.5, 0.6) is 5.75 Å². The highest BCUT2D eigenvalue weighted by atomic mass is 16.5. The van der Waals surface area contributed by atoms with Crippen molar-refractivity contribution < 1.29 is 14.6 Å². The molecule has 0 spiro atoms. The van der Waals surface area contributed by atoms with Gasteiger partial charge in [-0.15, -0.1) is 0 Å². The van der Waals surface area contributed by atoms with E-state index in [0.29, 0.717) is 6.61 Å². The summed E-state index contributed by atoms with van der Waals surface area (Å²) in [4.78, 5) is 13.4. The number of para-hydroxylation sites is 1. The molecule has 5 heteroatoms. The van der Waals surface area contributed by atoms with E-state index < -0.39 is 5.60 Å². The Morgan fingerprint density at radius 1 is 1.43 bits per heavy atom. The summed E-state index contributed by atoms with van der Waals surface area (Å²) in [5, 5.41) is 12.6. The van der Waals surface area contributed by atoms with Gasteiger partial charge in [0.15, 0.2) is 0 Å². The minimum absolute atomic E-state index is 0.124. The molecule has 5 nitrogen and oxygen atoms in total. The maximum Gasteiger partial charge on any atom is 0.317 e. The first-order valence-corrected chi connectivity index (χ1v) is 7.11. The average molecular weight is 294 g/mol. The van der Waals surface area contributed by atoms with Crippen molar-refractivity contribution in [1.29, 1.82) is 0 Å². The number of urea groups is 1. The normalized spacial score (nSPS) is 12.7. The van der Waals surface area contributed by atoms with Gasteiger partial charge in [0.1, 0.15) is 12.4 Å². The van der Waals surface area contributed by atoms with Crippen molar-refractivity contribution in [2.24, 2.45) is 0 Å². The Balaban J connectivity index is 2.41. The van der Waals surface area contributed by atoms with Gasteiger partial charge in [-0.05, 0) is 39.3 Å². The number of hydrogen-bond acceptors (Lipinski definition) is 3. The fraction of sp³-hybridized carbons (Fsp3) is 0.562. The number of carbonyl (C=O) groups is 1. The number of carbonyl (C=O) groups excluding carboxylic acids is 1. The molecule has 1 atom stereocenters. The highest BCUT2D eigenvalue weighted by molar-refractivity contribution is 5.74. The van der Waals surface area contributed by atoms with Gasteiger partial charge in [-0.1, -0.05) is 18.2 Å². The van der Waals surface area contributed by atoms with Crippen molar-refractivity contribution in [3.63, 3.8) is 0 Å². The highest BCUT2D eigenvalue weighted by Crippen LogP contribution is 2.16. The molecule has 0 aliphatic heterocycles. The molecular formula is C16H26N2O3. The topological polar surface area (TPSA) is 61.8 Å². The summed E-state index contributed by atoms with van der Waals surface area (Å²) in [5.74, 6) is 0.823. The van der Waals surface area contributed by atoms with E-state index in [1.165, 1.54) is 4.90 Å². The molecule has 1 aromatic rings. The number of rotatable bonds is 6. The second-order valence-corrected chi connectivity index (χ2v) is 6.10. The number of amides is 2. The molecule has 2 N–H and O–H groups in total. The predicted octanol–water partition coefficient (Wildman–Crippen LogP) is 2.17. The molecule has 0 fully saturated rings. The first-order valence-electron chi connectivity index (χ1n) is 7.11. The van der Waals surface area contributed by atoms with Gasteiger partial charge in [0.25, 0.3) is 0 Å². The maximum absolute atomic E-state index is 12.0. The Labute approximate surface area is 126 Å². The van der Waals surface area contributed by atoms with Crippen molar-refractivity contribution in [2.75, 3.05) is 20.2 Å². The van der Waals surface area contributed by atoms with Gasteiger partial charge >= 0.3 is 6.03 Å². The van der Waals surface area contributed by atoms with Crippen molar-refractivity contribution >= 4 is 6.03 Å². The Kier molecular flexibility index (Phi) is 6.03. The first-order chi connectivity index (χ1) is 9.69. The monoisotopic (exact) mass is 294 g/mol. The van der Waals surface area contributed by atoms with Gasteiger partial charge < -0.3 is 20.1 Å². The molecule has 0 unspecified atom stereocenters. The molecule has 0 aromatic heterocycles. The number of aryl methyl sites for hydroxylation is 1. The number of nitrogens with one attached hydrogen (secondary N) is 1. The van der Waals surface area contributed by atoms with Crippen LogP contribution < -0.4 is 10.1 Å². The zero-order chi connectivity index (χ0) is 16.0. The van der Waals surface area contributed by atoms with E-state index in [9.17, 15) is 9.90 Å². The van der Waals surface area contributed by atoms with E-state index in [2.05, 4.69) is 5.32 Å². The van der Waals surface area contributed by atoms with Crippen molar-refractivity contribution in [3.8, 4) is 5.75 Å². The number of ether oxygens (including phenoxy) is 1. The third-order valence-electron chi connectivity index (χ3n) is 2.92. The SMILES string of the molecule is Cc1ccccc1OC[C@H](C)NC(=O)N(C)CC(C)(C)O. The van der Waals surface area contributed by atoms with Crippen molar-refractivity contribution in [1.82, 2.24) is 10.2 Å². The minimum Gasteiger partial charge on any atom is -0.491 e. The molecule has 21 heavy (non-hydrogen) atoms. The van der Waals surface area contributed by atoms with Crippen LogP contribution in [-0.4, -0.2) is 47.9 Å². The largest absolute Gasteiger partial charge is 0.491 e. The van der Waals surface area contributed by atoms with Gasteiger partial charge in [-0.3, -0.25) is 0 Å². The number of nitrogens with zero attached hydrogens (tertiary/aromatic N) is 1. The van der Waals surface area contributed by atoms with E-state index in [0.717, 1.165) is 11.3 Å². The molecule has 2 amide bonds. The Morgan fingerprint density at radius 2 is 2.05 bits per heavy atom. The predicted molar refractivity (Wildman–Crippen MR) is 83.6 cm³/mol. The van der Waals surface area contributed by atoms with Crippen LogP contribution in [-0.2, 0) is 0 Å². The molecule has 118 valence electrons. The van der Waals surface area contributed by atoms with Crippen molar-refractivity contribution in [2.45, 2.75) is 39.3 Å². The second-order valence-electron chi connectivity index (χ2n) is 6.10. The van der Waals surface area contributed by atoms with Gasteiger partial charge in [-0.25, -0.2) is 4.79 Å². The van der Waals surface area contributed by atoms with Gasteiger partial charge in [0.05, 0.1) is 18.2 Å². The molecule has 1 rings (SSSR count). The summed E-state index contributed by atoms with van der Waals surface area (Å²) < 4.78 is 5.70. The number of aliphatic hydroxyl groups is 1. The van der Waals surface area contributed by atoms with Crippen LogP contribution in [0.2, 0.25) is 0 Å². The van der Waals surface area contributed by atoms with Crippen LogP contribution >= 0.6 is 0 Å². The lowest BCUT2D eigenvalue weighted by atomic mass is 10.1. The number of benzene rings is 1. The van der Waals surface area contributed by atoms with Crippen LogP contribution in [0.1, 0.15) is 26.3 Å². The summed E-state index contributed by atoms with van der Waals surface area (Å²) in [6, 6.07) is 7.42. The lowest BCUT2D eigenvalue weighted by molar-refractivity contribution is 0.0526. The lowest BCUT2D eigenvalue weighted by Crippen LogP contribution is -2.48. The summed E-state index contributed by atoms with van der Waals surface area (Å²) in [7, 11) is 1.65. The molecular weight excluding hydrogens is 268 g/mol. The van der Waals surface area contributed by atoms with Crippen LogP contribution in [0.15, 0.2) is 24.3 Å². The fourth-order valence-corrected chi connectivity index (χ4v) is 1.95. The summed E-state index contributed by atoms with van der Waals surface area (Å²) in [5.41, 5.74) is 0.155. The molecule has 0 bridgehead atoms. The highest BCUT2D eigenvalue weighted by Gasteiger charge is 2.20. The third kappa shape index (κ3) is 6.49. The van der Waals surface area contributed by atoms with E-state index in [1.807, 2.05) is 38.1 Å². The van der Waals surface area contributed by atoms with E-state index in [1.54, 1.807) is 20.9 Å². The van der Waals surface area contributed by atoms with Gasteiger partial charge in [0.2, 0.25) is 0 Å². The van der Waals surface area contributed by atoms with Crippen LogP contribution in [0.25, 0.3) is 0 Å². The summed E-state index contributed by atoms with van der Waals surface area (Å²) in [6.45, 7) is 7.87. The van der Waals surface area contributed by atoms with E-state index in [4.69, 9.17) is 4.74 Å². The minimum atomic E-state index is -0.910. The third-order valence-corrected chi connectivity index (χ3v) is 2.92. The van der Waals surface area contributed by atoms with E-state index in [-0.39, 0.29) is 18.6 Å². The van der Waals surface area contributed by atoms with Crippen LogP contribution in [0.3, 0.4) is 0 Å². The van der Waals surface area contributed by atoms with Gasteiger partial charge in [0, 0.05) is 7.05 Å². The Morgan fingerprint density at radius 3 is 2.62 bits per heavy atom. The quantitative estimate of drug-likeness (QED) is 0.845. The van der Waals surface area contributed by atoms with Crippen LogP contribution in [0, 0.1) is 6.92 Å². The fourth-order valence-electron chi connectivity index (χ4n) is 1.95. The molecule has 0 saturated heterocycles. The summed E-state index contributed by atoms with van der Waals surface area (Å²) in [6.07, 6.45) is 0. The van der Waals surface area contributed by atoms with Crippen molar-refractivity contribution in [3.05, 3.63) is 29.8 Å².